The number of fused-ring (bicyclic) bond motifs is 2. The van der Waals surface area contributed by atoms with Crippen molar-refractivity contribution in [3.05, 3.63) is 22.8 Å². The summed E-state index contributed by atoms with van der Waals surface area (Å²) < 4.78 is 5.31. The maximum Gasteiger partial charge on any atom is 0.335 e. The fourth-order valence-corrected chi connectivity index (χ4v) is 3.53. The Hall–Kier alpha value is -1.58. The number of unbranched alkanes of at least 4 members (excludes halogenated alkanes) is 5. The van der Waals surface area contributed by atoms with Crippen molar-refractivity contribution in [2.75, 3.05) is 6.61 Å². The summed E-state index contributed by atoms with van der Waals surface area (Å²) in [6, 6.07) is 0. The van der Waals surface area contributed by atoms with Gasteiger partial charge in [0, 0.05) is 11.8 Å². The lowest BCUT2D eigenvalue weighted by Gasteiger charge is -2.15. The molecule has 2 aliphatic rings. The van der Waals surface area contributed by atoms with Crippen LogP contribution >= 0.6 is 0 Å². The van der Waals surface area contributed by atoms with E-state index < -0.39 is 11.9 Å². The van der Waals surface area contributed by atoms with E-state index in [1.54, 1.807) is 0 Å². The van der Waals surface area contributed by atoms with Gasteiger partial charge in [-0.2, -0.15) is 0 Å². The Bertz CT molecular complexity index is 501. The van der Waals surface area contributed by atoms with Crippen molar-refractivity contribution in [2.45, 2.75) is 58.8 Å². The Labute approximate surface area is 132 Å². The first-order valence-electron chi connectivity index (χ1n) is 8.39. The highest BCUT2D eigenvalue weighted by molar-refractivity contribution is 6.02. The van der Waals surface area contributed by atoms with Crippen molar-refractivity contribution >= 4 is 11.9 Å². The Morgan fingerprint density at radius 1 is 1.18 bits per heavy atom. The number of hydrogen-bond donors (Lipinski definition) is 1. The number of allylic oxidation sites excluding steroid dienone is 2. The molecule has 0 heterocycles. The van der Waals surface area contributed by atoms with Gasteiger partial charge in [0.25, 0.3) is 0 Å². The zero-order valence-corrected chi connectivity index (χ0v) is 13.6. The van der Waals surface area contributed by atoms with Gasteiger partial charge in [-0.1, -0.05) is 50.7 Å². The monoisotopic (exact) mass is 306 g/mol. The van der Waals surface area contributed by atoms with Crippen molar-refractivity contribution in [2.24, 2.45) is 11.8 Å². The van der Waals surface area contributed by atoms with Gasteiger partial charge in [0.2, 0.25) is 0 Å². The Morgan fingerprint density at radius 2 is 1.86 bits per heavy atom. The molecule has 0 saturated heterocycles. The first kappa shape index (κ1) is 16.8. The summed E-state index contributed by atoms with van der Waals surface area (Å²) in [5, 5.41) is 9.37. The van der Waals surface area contributed by atoms with E-state index in [1.807, 2.05) is 13.0 Å². The molecule has 0 aromatic rings. The number of aliphatic carboxylic acids is 1. The first-order chi connectivity index (χ1) is 10.6. The molecule has 1 N–H and O–H groups in total. The van der Waals surface area contributed by atoms with Crippen molar-refractivity contribution in [3.63, 3.8) is 0 Å². The molecule has 0 aliphatic heterocycles. The van der Waals surface area contributed by atoms with Crippen molar-refractivity contribution in [1.82, 2.24) is 0 Å². The van der Waals surface area contributed by atoms with Crippen LogP contribution in [0.2, 0.25) is 0 Å². The van der Waals surface area contributed by atoms with E-state index in [4.69, 9.17) is 4.74 Å². The lowest BCUT2D eigenvalue weighted by molar-refractivity contribution is -0.140. The van der Waals surface area contributed by atoms with Crippen LogP contribution in [0.1, 0.15) is 58.8 Å². The van der Waals surface area contributed by atoms with Crippen LogP contribution in [-0.4, -0.2) is 23.7 Å². The molecule has 0 saturated carbocycles. The number of carbonyl (C=O) groups is 2. The van der Waals surface area contributed by atoms with E-state index >= 15 is 0 Å². The van der Waals surface area contributed by atoms with Gasteiger partial charge >= 0.3 is 11.9 Å². The quantitative estimate of drug-likeness (QED) is 0.399. The number of carbonyl (C=O) groups excluding carboxylic acids is 1. The minimum Gasteiger partial charge on any atom is -0.478 e. The van der Waals surface area contributed by atoms with E-state index in [0.717, 1.165) is 24.8 Å². The van der Waals surface area contributed by atoms with Gasteiger partial charge in [0.1, 0.15) is 0 Å². The van der Waals surface area contributed by atoms with Gasteiger partial charge in [-0.15, -0.1) is 0 Å². The molecule has 2 bridgehead atoms. The average Bonchev–Trinajstić information content (AvgIpc) is 3.02. The van der Waals surface area contributed by atoms with E-state index in [1.165, 1.54) is 25.7 Å². The third-order valence-electron chi connectivity index (χ3n) is 4.69. The smallest absolute Gasteiger partial charge is 0.335 e. The maximum absolute atomic E-state index is 12.2. The van der Waals surface area contributed by atoms with Crippen LogP contribution in [-0.2, 0) is 14.3 Å². The second kappa shape index (κ2) is 7.61. The molecule has 4 nitrogen and oxygen atoms in total. The maximum atomic E-state index is 12.2. The highest BCUT2D eigenvalue weighted by Crippen LogP contribution is 2.48. The second-order valence-corrected chi connectivity index (χ2v) is 6.34. The normalized spacial score (nSPS) is 22.9. The first-order valence-corrected chi connectivity index (χ1v) is 8.39. The summed E-state index contributed by atoms with van der Waals surface area (Å²) in [5.74, 6) is -1.57. The number of esters is 1. The van der Waals surface area contributed by atoms with Crippen LogP contribution in [0.5, 0.6) is 0 Å². The van der Waals surface area contributed by atoms with Gasteiger partial charge in [0.05, 0.1) is 17.8 Å². The lowest BCUT2D eigenvalue weighted by atomic mass is 9.92. The molecule has 2 aliphatic carbocycles. The summed E-state index contributed by atoms with van der Waals surface area (Å²) in [7, 11) is 0. The van der Waals surface area contributed by atoms with Crippen LogP contribution in [0, 0.1) is 11.8 Å². The molecule has 0 amide bonds. The number of rotatable bonds is 9. The Morgan fingerprint density at radius 3 is 2.55 bits per heavy atom. The predicted octanol–water partition coefficient (Wildman–Crippen LogP) is 3.87. The zero-order valence-electron chi connectivity index (χ0n) is 13.6. The van der Waals surface area contributed by atoms with Crippen LogP contribution in [0.4, 0.5) is 0 Å². The van der Waals surface area contributed by atoms with Crippen LogP contribution < -0.4 is 0 Å². The average molecular weight is 306 g/mol. The molecule has 122 valence electrons. The third-order valence-corrected chi connectivity index (χ3v) is 4.69. The molecule has 0 aromatic heterocycles. The van der Waals surface area contributed by atoms with Crippen LogP contribution in [0.15, 0.2) is 22.8 Å². The SMILES string of the molecule is CCCCCCCCOC(=O)C1=C(C(=O)O)C2CC1C=C2C. The molecule has 0 fully saturated rings. The topological polar surface area (TPSA) is 63.6 Å². The molecule has 2 atom stereocenters. The van der Waals surface area contributed by atoms with Gasteiger partial charge in [0.15, 0.2) is 0 Å². The molecule has 0 spiro atoms. The van der Waals surface area contributed by atoms with Gasteiger partial charge < -0.3 is 9.84 Å². The summed E-state index contributed by atoms with van der Waals surface area (Å²) >= 11 is 0. The standard InChI is InChI=1S/C18H26O4/c1-3-4-5-6-7-8-9-22-18(21)15-13-10-12(2)14(11-13)16(15)17(19)20/h10,13-14H,3-9,11H2,1-2H3,(H,19,20). The predicted molar refractivity (Wildman–Crippen MR) is 84.4 cm³/mol. The number of ether oxygens (including phenoxy) is 1. The lowest BCUT2D eigenvalue weighted by Crippen LogP contribution is -2.19. The molecular formula is C18H26O4. The summed E-state index contributed by atoms with van der Waals surface area (Å²) in [4.78, 5) is 23.7. The van der Waals surface area contributed by atoms with Gasteiger partial charge in [-0.25, -0.2) is 9.59 Å². The number of hydrogen-bond acceptors (Lipinski definition) is 3. The van der Waals surface area contributed by atoms with Gasteiger partial charge in [-0.05, 0) is 19.8 Å². The van der Waals surface area contributed by atoms with E-state index in [0.29, 0.717) is 12.2 Å². The molecule has 22 heavy (non-hydrogen) atoms. The number of carboxylic acid groups (broad SMARTS) is 1. The molecule has 2 rings (SSSR count). The van der Waals surface area contributed by atoms with Gasteiger partial charge in [-0.3, -0.25) is 0 Å². The van der Waals surface area contributed by atoms with Crippen molar-refractivity contribution in [3.8, 4) is 0 Å². The summed E-state index contributed by atoms with van der Waals surface area (Å²) in [6.07, 6.45) is 9.51. The zero-order chi connectivity index (χ0) is 16.1. The third kappa shape index (κ3) is 3.60. The molecule has 0 radical (unpaired) electrons. The van der Waals surface area contributed by atoms with Crippen molar-refractivity contribution in [1.29, 1.82) is 0 Å². The summed E-state index contributed by atoms with van der Waals surface area (Å²) in [6.45, 7) is 4.51. The minimum absolute atomic E-state index is 0.0619. The van der Waals surface area contributed by atoms with E-state index in [-0.39, 0.29) is 17.4 Å². The van der Waals surface area contributed by atoms with Crippen LogP contribution in [0.3, 0.4) is 0 Å². The molecule has 4 heteroatoms. The highest BCUT2D eigenvalue weighted by Gasteiger charge is 2.44. The minimum atomic E-state index is -0.980. The largest absolute Gasteiger partial charge is 0.478 e. The van der Waals surface area contributed by atoms with E-state index in [2.05, 4.69) is 6.92 Å². The Balaban J connectivity index is 1.82. The highest BCUT2D eigenvalue weighted by atomic mass is 16.5. The van der Waals surface area contributed by atoms with Crippen LogP contribution in [0.25, 0.3) is 0 Å². The second-order valence-electron chi connectivity index (χ2n) is 6.34. The molecular weight excluding hydrogens is 280 g/mol. The number of carboxylic acids is 1. The molecule has 0 aromatic carbocycles. The van der Waals surface area contributed by atoms with Crippen molar-refractivity contribution < 1.29 is 19.4 Å². The fraction of sp³-hybridized carbons (Fsp3) is 0.667. The summed E-state index contributed by atoms with van der Waals surface area (Å²) in [5.41, 5.74) is 1.71. The molecule has 2 unspecified atom stereocenters. The fourth-order valence-electron chi connectivity index (χ4n) is 3.53. The Kier molecular flexibility index (Phi) is 5.81. The van der Waals surface area contributed by atoms with E-state index in [9.17, 15) is 14.7 Å².